The van der Waals surface area contributed by atoms with E-state index in [0.717, 1.165) is 13.1 Å². The normalized spacial score (nSPS) is 26.0. The lowest BCUT2D eigenvalue weighted by molar-refractivity contribution is 0.495. The van der Waals surface area contributed by atoms with Crippen LogP contribution >= 0.6 is 38.9 Å². The van der Waals surface area contributed by atoms with Crippen molar-refractivity contribution in [2.75, 3.05) is 6.54 Å². The second-order valence-electron chi connectivity index (χ2n) is 4.07. The van der Waals surface area contributed by atoms with Crippen molar-refractivity contribution < 1.29 is 0 Å². The van der Waals surface area contributed by atoms with Crippen molar-refractivity contribution in [2.45, 2.75) is 31.2 Å². The summed E-state index contributed by atoms with van der Waals surface area (Å²) < 4.78 is 1.18. The minimum Gasteiger partial charge on any atom is -0.312 e. The minimum absolute atomic E-state index is 0.396. The van der Waals surface area contributed by atoms with Gasteiger partial charge < -0.3 is 5.32 Å². The third kappa shape index (κ3) is 3.45. The SMILES string of the molecule is ClC1CCCC1CNCc1cc(Br)cs1. The molecule has 15 heavy (non-hydrogen) atoms. The second-order valence-corrected chi connectivity index (χ2v) is 6.54. The van der Waals surface area contributed by atoms with Crippen LogP contribution in [0.2, 0.25) is 0 Å². The molecule has 0 amide bonds. The molecular weight excluding hydrogens is 294 g/mol. The smallest absolute Gasteiger partial charge is 0.0376 e. The highest BCUT2D eigenvalue weighted by Crippen LogP contribution is 2.29. The molecule has 84 valence electrons. The maximum Gasteiger partial charge on any atom is 0.0376 e. The minimum atomic E-state index is 0.396. The zero-order valence-electron chi connectivity index (χ0n) is 8.51. The Hall–Kier alpha value is 0.430. The van der Waals surface area contributed by atoms with Gasteiger partial charge in [0.25, 0.3) is 0 Å². The zero-order valence-corrected chi connectivity index (χ0v) is 11.7. The molecule has 1 heterocycles. The van der Waals surface area contributed by atoms with Crippen molar-refractivity contribution in [1.82, 2.24) is 5.32 Å². The molecule has 1 saturated carbocycles. The molecule has 4 heteroatoms. The number of rotatable bonds is 4. The van der Waals surface area contributed by atoms with Crippen molar-refractivity contribution >= 4 is 38.9 Å². The molecule has 1 fully saturated rings. The van der Waals surface area contributed by atoms with Crippen molar-refractivity contribution in [3.63, 3.8) is 0 Å². The first-order valence-corrected chi connectivity index (χ1v) is 7.44. The number of hydrogen-bond donors (Lipinski definition) is 1. The number of alkyl halides is 1. The van der Waals surface area contributed by atoms with E-state index in [1.54, 1.807) is 11.3 Å². The molecule has 1 aliphatic rings. The van der Waals surface area contributed by atoms with E-state index in [4.69, 9.17) is 11.6 Å². The summed E-state index contributed by atoms with van der Waals surface area (Å²) in [7, 11) is 0. The molecule has 0 aromatic carbocycles. The summed E-state index contributed by atoms with van der Waals surface area (Å²) in [6.45, 7) is 2.03. The molecule has 1 aromatic heterocycles. The topological polar surface area (TPSA) is 12.0 Å². The van der Waals surface area contributed by atoms with Gasteiger partial charge in [0.15, 0.2) is 0 Å². The third-order valence-electron chi connectivity index (χ3n) is 2.89. The molecule has 1 aromatic rings. The molecular formula is C11H15BrClNS. The first-order chi connectivity index (χ1) is 7.25. The van der Waals surface area contributed by atoms with Crippen LogP contribution < -0.4 is 5.32 Å². The van der Waals surface area contributed by atoms with E-state index < -0.39 is 0 Å². The molecule has 0 spiro atoms. The Balaban J connectivity index is 1.70. The molecule has 0 bridgehead atoms. The summed E-state index contributed by atoms with van der Waals surface area (Å²) in [4.78, 5) is 1.38. The van der Waals surface area contributed by atoms with Gasteiger partial charge in [-0.1, -0.05) is 6.42 Å². The summed E-state index contributed by atoms with van der Waals surface area (Å²) in [6, 6.07) is 2.17. The number of thiophene rings is 1. The van der Waals surface area contributed by atoms with Gasteiger partial charge in [-0.25, -0.2) is 0 Å². The van der Waals surface area contributed by atoms with Crippen LogP contribution in [0.25, 0.3) is 0 Å². The number of hydrogen-bond acceptors (Lipinski definition) is 2. The maximum atomic E-state index is 6.22. The highest BCUT2D eigenvalue weighted by molar-refractivity contribution is 9.10. The first kappa shape index (κ1) is 11.9. The van der Waals surface area contributed by atoms with Crippen LogP contribution in [0.5, 0.6) is 0 Å². The highest BCUT2D eigenvalue weighted by atomic mass is 79.9. The molecule has 1 aliphatic carbocycles. The molecule has 2 atom stereocenters. The van der Waals surface area contributed by atoms with E-state index in [-0.39, 0.29) is 0 Å². The fourth-order valence-corrected chi connectivity index (χ4v) is 3.84. The van der Waals surface area contributed by atoms with E-state index in [1.807, 2.05) is 0 Å². The Morgan fingerprint density at radius 3 is 3.00 bits per heavy atom. The lowest BCUT2D eigenvalue weighted by Crippen LogP contribution is -2.24. The Labute approximate surface area is 108 Å². The zero-order chi connectivity index (χ0) is 10.7. The van der Waals surface area contributed by atoms with Gasteiger partial charge in [-0.05, 0) is 47.3 Å². The lowest BCUT2D eigenvalue weighted by atomic mass is 10.1. The van der Waals surface area contributed by atoms with Gasteiger partial charge in [0, 0.05) is 26.7 Å². The summed E-state index contributed by atoms with van der Waals surface area (Å²) in [5, 5.41) is 6.01. The summed E-state index contributed by atoms with van der Waals surface area (Å²) in [6.07, 6.45) is 3.78. The van der Waals surface area contributed by atoms with Gasteiger partial charge >= 0.3 is 0 Å². The van der Waals surface area contributed by atoms with Crippen LogP contribution in [0.15, 0.2) is 15.9 Å². The van der Waals surface area contributed by atoms with Gasteiger partial charge in [0.05, 0.1) is 0 Å². The highest BCUT2D eigenvalue weighted by Gasteiger charge is 2.24. The van der Waals surface area contributed by atoms with Crippen molar-refractivity contribution in [2.24, 2.45) is 5.92 Å². The van der Waals surface area contributed by atoms with Crippen LogP contribution in [0.4, 0.5) is 0 Å². The maximum absolute atomic E-state index is 6.22. The third-order valence-corrected chi connectivity index (χ3v) is 5.17. The van der Waals surface area contributed by atoms with Crippen LogP contribution in [0, 0.1) is 5.92 Å². The van der Waals surface area contributed by atoms with Gasteiger partial charge in [0.1, 0.15) is 0 Å². The number of halogens is 2. The lowest BCUT2D eigenvalue weighted by Gasteiger charge is -2.13. The van der Waals surface area contributed by atoms with E-state index in [1.165, 1.54) is 28.6 Å². The average Bonchev–Trinajstić information content (AvgIpc) is 2.77. The first-order valence-electron chi connectivity index (χ1n) is 5.33. The van der Waals surface area contributed by atoms with Gasteiger partial charge in [-0.2, -0.15) is 0 Å². The Morgan fingerprint density at radius 1 is 1.53 bits per heavy atom. The fraction of sp³-hybridized carbons (Fsp3) is 0.636. The van der Waals surface area contributed by atoms with Crippen molar-refractivity contribution in [3.8, 4) is 0 Å². The fourth-order valence-electron chi connectivity index (χ4n) is 2.05. The van der Waals surface area contributed by atoms with Crippen molar-refractivity contribution in [3.05, 3.63) is 20.8 Å². The monoisotopic (exact) mass is 307 g/mol. The molecule has 0 saturated heterocycles. The van der Waals surface area contributed by atoms with Crippen LogP contribution in [0.1, 0.15) is 24.1 Å². The molecule has 1 N–H and O–H groups in total. The second kappa shape index (κ2) is 5.67. The summed E-state index contributed by atoms with van der Waals surface area (Å²) in [5.74, 6) is 0.676. The quantitative estimate of drug-likeness (QED) is 0.829. The number of nitrogens with one attached hydrogen (secondary N) is 1. The van der Waals surface area contributed by atoms with E-state index >= 15 is 0 Å². The summed E-state index contributed by atoms with van der Waals surface area (Å²) >= 11 is 11.5. The van der Waals surface area contributed by atoms with E-state index in [2.05, 4.69) is 32.7 Å². The summed E-state index contributed by atoms with van der Waals surface area (Å²) in [5.41, 5.74) is 0. The van der Waals surface area contributed by atoms with Crippen LogP contribution in [-0.4, -0.2) is 11.9 Å². The molecule has 0 aliphatic heterocycles. The Morgan fingerprint density at radius 2 is 2.40 bits per heavy atom. The Bertz CT molecular complexity index is 315. The van der Waals surface area contributed by atoms with Crippen LogP contribution in [-0.2, 0) is 6.54 Å². The van der Waals surface area contributed by atoms with Gasteiger partial charge in [0.2, 0.25) is 0 Å². The van der Waals surface area contributed by atoms with E-state index in [0.29, 0.717) is 11.3 Å². The average molecular weight is 309 g/mol. The molecule has 2 rings (SSSR count). The van der Waals surface area contributed by atoms with Crippen LogP contribution in [0.3, 0.4) is 0 Å². The molecule has 1 nitrogen and oxygen atoms in total. The molecule has 0 radical (unpaired) electrons. The largest absolute Gasteiger partial charge is 0.312 e. The van der Waals surface area contributed by atoms with E-state index in [9.17, 15) is 0 Å². The van der Waals surface area contributed by atoms with Crippen molar-refractivity contribution in [1.29, 1.82) is 0 Å². The van der Waals surface area contributed by atoms with Gasteiger partial charge in [-0.3, -0.25) is 0 Å². The van der Waals surface area contributed by atoms with Gasteiger partial charge in [-0.15, -0.1) is 22.9 Å². The standard InChI is InChI=1S/C11H15BrClNS/c12-9-4-10(15-7-9)6-14-5-8-2-1-3-11(8)13/h4,7-8,11,14H,1-3,5-6H2. The Kier molecular flexibility index (Phi) is 4.50. The predicted molar refractivity (Wildman–Crippen MR) is 70.7 cm³/mol. The molecule has 2 unspecified atom stereocenters. The predicted octanol–water partition coefficient (Wildman–Crippen LogP) is 4.01.